The van der Waals surface area contributed by atoms with E-state index in [0.29, 0.717) is 28.4 Å². The monoisotopic (exact) mass is 471 g/mol. The topological polar surface area (TPSA) is 146 Å². The Labute approximate surface area is 189 Å². The van der Waals surface area contributed by atoms with Gasteiger partial charge in [-0.15, -0.1) is 0 Å². The number of phenolic OH excluding ortho intramolecular Hbond substituents is 1. The summed E-state index contributed by atoms with van der Waals surface area (Å²) in [5.74, 6) is 5.66. The quantitative estimate of drug-likeness (QED) is 0.317. The summed E-state index contributed by atoms with van der Waals surface area (Å²) in [4.78, 5) is 16.1. The molecule has 6 N–H and O–H groups in total. The number of benzene rings is 2. The highest BCUT2D eigenvalue weighted by Crippen LogP contribution is 2.31. The average Bonchev–Trinajstić information content (AvgIpc) is 3.12. The third-order valence-electron chi connectivity index (χ3n) is 4.13. The number of aromatic nitrogens is 1. The van der Waals surface area contributed by atoms with E-state index in [1.54, 1.807) is 24.3 Å². The Morgan fingerprint density at radius 3 is 2.84 bits per heavy atom. The third-order valence-corrected chi connectivity index (χ3v) is 6.00. The van der Waals surface area contributed by atoms with E-state index < -0.39 is 10.0 Å². The number of fused-ring (bicyclic) bond motifs is 1. The average molecular weight is 472 g/mol. The predicted octanol–water partition coefficient (Wildman–Crippen LogP) is 2.44. The van der Waals surface area contributed by atoms with Gasteiger partial charge in [-0.1, -0.05) is 35.8 Å². The molecule has 0 radical (unpaired) electrons. The lowest BCUT2D eigenvalue weighted by Gasteiger charge is -2.08. The van der Waals surface area contributed by atoms with E-state index in [1.807, 2.05) is 12.1 Å². The summed E-state index contributed by atoms with van der Waals surface area (Å²) >= 11 is 1.28. The van der Waals surface area contributed by atoms with Gasteiger partial charge in [-0.25, -0.2) is 18.1 Å². The van der Waals surface area contributed by atoms with Crippen molar-refractivity contribution in [1.29, 1.82) is 0 Å². The fraction of sp³-hybridized carbons (Fsp3) is 0.143. The molecule has 166 valence electrons. The Balaban J connectivity index is 1.53. The van der Waals surface area contributed by atoms with Gasteiger partial charge in [0.05, 0.1) is 11.2 Å². The second-order valence-electron chi connectivity index (χ2n) is 6.53. The number of sulfonamides is 1. The summed E-state index contributed by atoms with van der Waals surface area (Å²) in [6, 6.07) is 10.4. The molecule has 1 amide bonds. The molecular formula is C21H21N5O4S2. The smallest absolute Gasteiger partial charge is 0.233 e. The van der Waals surface area contributed by atoms with Crippen molar-refractivity contribution in [3.63, 3.8) is 0 Å². The largest absolute Gasteiger partial charge is 0.506 e. The zero-order valence-corrected chi connectivity index (χ0v) is 18.5. The molecule has 32 heavy (non-hydrogen) atoms. The van der Waals surface area contributed by atoms with Gasteiger partial charge in [-0.05, 0) is 30.3 Å². The lowest BCUT2D eigenvalue weighted by atomic mass is 10.2. The number of anilines is 3. The van der Waals surface area contributed by atoms with Crippen molar-refractivity contribution in [2.24, 2.45) is 0 Å². The Morgan fingerprint density at radius 1 is 1.28 bits per heavy atom. The van der Waals surface area contributed by atoms with E-state index in [1.165, 1.54) is 11.3 Å². The van der Waals surface area contributed by atoms with Crippen molar-refractivity contribution >= 4 is 54.0 Å². The third kappa shape index (κ3) is 6.45. The molecule has 0 aliphatic rings. The zero-order chi connectivity index (χ0) is 23.1. The van der Waals surface area contributed by atoms with Gasteiger partial charge >= 0.3 is 0 Å². The van der Waals surface area contributed by atoms with Crippen LogP contribution in [0.1, 0.15) is 12.0 Å². The SMILES string of the molecule is C=CS(=O)(=O)NCCC(=O)Nc1cccc(NCC#Cc2cc(O)c3nc(N)sc3c2)c1. The van der Waals surface area contributed by atoms with E-state index in [2.05, 4.69) is 38.8 Å². The summed E-state index contributed by atoms with van der Waals surface area (Å²) in [6.45, 7) is 3.50. The number of hydrogen-bond donors (Lipinski definition) is 5. The van der Waals surface area contributed by atoms with Crippen LogP contribution < -0.4 is 21.1 Å². The minimum absolute atomic E-state index is 0.0151. The summed E-state index contributed by atoms with van der Waals surface area (Å²) in [7, 11) is -3.55. The van der Waals surface area contributed by atoms with Gasteiger partial charge in [0, 0.05) is 35.3 Å². The molecule has 0 unspecified atom stereocenters. The van der Waals surface area contributed by atoms with E-state index in [-0.39, 0.29) is 24.6 Å². The number of phenols is 1. The highest BCUT2D eigenvalue weighted by atomic mass is 32.2. The van der Waals surface area contributed by atoms with Gasteiger partial charge in [-0.3, -0.25) is 4.79 Å². The van der Waals surface area contributed by atoms with Crippen LogP contribution in [0.3, 0.4) is 0 Å². The molecule has 0 saturated heterocycles. The van der Waals surface area contributed by atoms with Gasteiger partial charge in [0.1, 0.15) is 11.3 Å². The number of carbonyl (C=O) groups is 1. The maximum atomic E-state index is 12.0. The van der Waals surface area contributed by atoms with Crippen LogP contribution in [0.25, 0.3) is 10.2 Å². The Bertz CT molecular complexity index is 1320. The first kappa shape index (κ1) is 23.1. The fourth-order valence-electron chi connectivity index (χ4n) is 2.69. The molecule has 0 aliphatic carbocycles. The van der Waals surface area contributed by atoms with E-state index in [0.717, 1.165) is 15.8 Å². The number of nitrogen functional groups attached to an aromatic ring is 1. The van der Waals surface area contributed by atoms with Gasteiger partial charge in [0.15, 0.2) is 5.13 Å². The van der Waals surface area contributed by atoms with Gasteiger partial charge in [0.25, 0.3) is 0 Å². The fourth-order valence-corrected chi connectivity index (χ4v) is 3.99. The maximum absolute atomic E-state index is 12.0. The van der Waals surface area contributed by atoms with Crippen molar-refractivity contribution in [2.75, 3.05) is 29.5 Å². The first-order valence-corrected chi connectivity index (χ1v) is 11.8. The van der Waals surface area contributed by atoms with Crippen molar-refractivity contribution < 1.29 is 18.3 Å². The van der Waals surface area contributed by atoms with E-state index in [9.17, 15) is 18.3 Å². The van der Waals surface area contributed by atoms with Crippen LogP contribution in [0.5, 0.6) is 5.75 Å². The van der Waals surface area contributed by atoms with Gasteiger partial charge in [-0.2, -0.15) is 0 Å². The Kier molecular flexibility index (Phi) is 7.32. The van der Waals surface area contributed by atoms with Crippen LogP contribution in [0.4, 0.5) is 16.5 Å². The molecule has 0 bridgehead atoms. The van der Waals surface area contributed by atoms with Crippen molar-refractivity contribution in [3.05, 3.63) is 53.9 Å². The Hall–Kier alpha value is -3.59. The van der Waals surface area contributed by atoms with Gasteiger partial charge < -0.3 is 21.5 Å². The number of thiazole rings is 1. The zero-order valence-electron chi connectivity index (χ0n) is 16.9. The molecule has 9 nitrogen and oxygen atoms in total. The second kappa shape index (κ2) is 10.1. The number of hydrogen-bond acceptors (Lipinski definition) is 8. The molecule has 11 heteroatoms. The molecule has 1 aromatic heterocycles. The van der Waals surface area contributed by atoms with Crippen molar-refractivity contribution in [2.45, 2.75) is 6.42 Å². The molecule has 0 aliphatic heterocycles. The maximum Gasteiger partial charge on any atom is 0.233 e. The summed E-state index contributed by atoms with van der Waals surface area (Å²) in [6.07, 6.45) is -0.0151. The molecule has 3 rings (SSSR count). The highest BCUT2D eigenvalue weighted by Gasteiger charge is 2.08. The minimum atomic E-state index is -3.55. The minimum Gasteiger partial charge on any atom is -0.506 e. The highest BCUT2D eigenvalue weighted by molar-refractivity contribution is 7.92. The van der Waals surface area contributed by atoms with Crippen LogP contribution in [0, 0.1) is 11.8 Å². The number of nitrogens with zero attached hydrogens (tertiary/aromatic N) is 1. The number of nitrogens with one attached hydrogen (secondary N) is 3. The number of aromatic hydroxyl groups is 1. The second-order valence-corrected chi connectivity index (χ2v) is 9.31. The standard InChI is InChI=1S/C21H21N5O4S2/c1-2-32(29,30)24-10-8-19(28)25-16-7-3-6-15(13-16)23-9-4-5-14-11-17(27)20-18(12-14)31-21(22)26-20/h2-3,6-7,11-13,23-24,27H,1,8-10H2,(H2,22,26)(H,25,28). The number of rotatable bonds is 8. The first-order chi connectivity index (χ1) is 15.3. The summed E-state index contributed by atoms with van der Waals surface area (Å²) in [5.41, 5.74) is 8.11. The first-order valence-electron chi connectivity index (χ1n) is 9.39. The molecule has 0 fully saturated rings. The number of carbonyl (C=O) groups excluding carboxylic acids is 1. The summed E-state index contributed by atoms with van der Waals surface area (Å²) < 4.78 is 25.6. The Morgan fingerprint density at radius 2 is 2.06 bits per heavy atom. The molecule has 3 aromatic rings. The lowest BCUT2D eigenvalue weighted by Crippen LogP contribution is -2.26. The van der Waals surface area contributed by atoms with Crippen LogP contribution >= 0.6 is 11.3 Å². The normalized spacial score (nSPS) is 10.9. The van der Waals surface area contributed by atoms with Crippen LogP contribution in [-0.4, -0.2) is 37.5 Å². The molecule has 0 spiro atoms. The molecule has 0 saturated carbocycles. The van der Waals surface area contributed by atoms with Crippen molar-refractivity contribution in [3.8, 4) is 17.6 Å². The molecular weight excluding hydrogens is 450 g/mol. The molecule has 2 aromatic carbocycles. The lowest BCUT2D eigenvalue weighted by molar-refractivity contribution is -0.116. The molecule has 1 heterocycles. The van der Waals surface area contributed by atoms with Crippen LogP contribution in [0.2, 0.25) is 0 Å². The van der Waals surface area contributed by atoms with Gasteiger partial charge in [0.2, 0.25) is 15.9 Å². The molecule has 0 atom stereocenters. The van der Waals surface area contributed by atoms with Crippen molar-refractivity contribution in [1.82, 2.24) is 9.71 Å². The van der Waals surface area contributed by atoms with Crippen LogP contribution in [0.15, 0.2) is 48.4 Å². The summed E-state index contributed by atoms with van der Waals surface area (Å²) in [5, 5.41) is 17.1. The number of nitrogens with two attached hydrogens (primary N) is 1. The van der Waals surface area contributed by atoms with Crippen LogP contribution in [-0.2, 0) is 14.8 Å². The number of amides is 1. The van der Waals surface area contributed by atoms with E-state index >= 15 is 0 Å². The van der Waals surface area contributed by atoms with E-state index in [4.69, 9.17) is 5.73 Å². The predicted molar refractivity (Wildman–Crippen MR) is 128 cm³/mol.